The predicted octanol–water partition coefficient (Wildman–Crippen LogP) is 2.04. The summed E-state index contributed by atoms with van der Waals surface area (Å²) in [5.74, 6) is -0.0559. The van der Waals surface area contributed by atoms with E-state index in [0.717, 1.165) is 12.8 Å². The standard InChI is InChI=1S/C15H16N4O2S2/c1-19-13(21)10-4-7-22-12(10)17-14(19)23-8-11(20)18-15(9-16)5-2-3-6-15/h4,7H,2-3,5-6,8H2,1H3,(H,18,20). The van der Waals surface area contributed by atoms with Gasteiger partial charge in [0, 0.05) is 7.05 Å². The third-order valence-electron chi connectivity index (χ3n) is 4.05. The lowest BCUT2D eigenvalue weighted by Crippen LogP contribution is -2.45. The van der Waals surface area contributed by atoms with E-state index in [4.69, 9.17) is 0 Å². The number of thiophene rings is 1. The van der Waals surface area contributed by atoms with Gasteiger partial charge in [0.05, 0.1) is 17.2 Å². The monoisotopic (exact) mass is 348 g/mol. The highest BCUT2D eigenvalue weighted by Crippen LogP contribution is 2.29. The number of aromatic nitrogens is 2. The molecule has 2 aromatic rings. The molecule has 1 amide bonds. The Hall–Kier alpha value is -1.85. The molecular formula is C15H16N4O2S2. The Morgan fingerprint density at radius 2 is 2.30 bits per heavy atom. The Balaban J connectivity index is 1.71. The largest absolute Gasteiger partial charge is 0.337 e. The van der Waals surface area contributed by atoms with Crippen molar-refractivity contribution in [3.8, 4) is 6.07 Å². The average molecular weight is 348 g/mol. The number of nitrogens with one attached hydrogen (secondary N) is 1. The fourth-order valence-electron chi connectivity index (χ4n) is 2.79. The number of carbonyl (C=O) groups is 1. The normalized spacial score (nSPS) is 16.3. The second-order valence-corrected chi connectivity index (χ2v) is 7.47. The van der Waals surface area contributed by atoms with Crippen molar-refractivity contribution >= 4 is 39.2 Å². The lowest BCUT2D eigenvalue weighted by Gasteiger charge is -2.21. The molecule has 8 heteroatoms. The Bertz CT molecular complexity index is 843. The zero-order valence-electron chi connectivity index (χ0n) is 12.7. The van der Waals surface area contributed by atoms with Crippen molar-refractivity contribution in [2.45, 2.75) is 36.4 Å². The van der Waals surface area contributed by atoms with Gasteiger partial charge in [0.15, 0.2) is 5.16 Å². The third-order valence-corrected chi connectivity index (χ3v) is 5.88. The molecule has 6 nitrogen and oxygen atoms in total. The number of hydrogen-bond donors (Lipinski definition) is 1. The van der Waals surface area contributed by atoms with Gasteiger partial charge in [-0.2, -0.15) is 5.26 Å². The third kappa shape index (κ3) is 3.12. The molecule has 1 aliphatic carbocycles. The zero-order valence-corrected chi connectivity index (χ0v) is 14.3. The molecule has 2 heterocycles. The lowest BCUT2D eigenvalue weighted by molar-refractivity contribution is -0.119. The Morgan fingerprint density at radius 1 is 1.57 bits per heavy atom. The van der Waals surface area contributed by atoms with Crippen LogP contribution in [0.1, 0.15) is 25.7 Å². The van der Waals surface area contributed by atoms with Crippen molar-refractivity contribution in [3.63, 3.8) is 0 Å². The molecule has 0 saturated heterocycles. The number of thioether (sulfide) groups is 1. The van der Waals surface area contributed by atoms with Crippen LogP contribution in [-0.4, -0.2) is 26.8 Å². The van der Waals surface area contributed by atoms with Crippen LogP contribution in [0.5, 0.6) is 0 Å². The fourth-order valence-corrected chi connectivity index (χ4v) is 4.36. The molecule has 0 aliphatic heterocycles. The van der Waals surface area contributed by atoms with Gasteiger partial charge >= 0.3 is 0 Å². The summed E-state index contributed by atoms with van der Waals surface area (Å²) >= 11 is 2.62. The van der Waals surface area contributed by atoms with Crippen LogP contribution in [0.3, 0.4) is 0 Å². The van der Waals surface area contributed by atoms with E-state index in [0.29, 0.717) is 28.2 Å². The van der Waals surface area contributed by atoms with Crippen molar-refractivity contribution < 1.29 is 4.79 Å². The summed E-state index contributed by atoms with van der Waals surface area (Å²) in [5.41, 5.74) is -0.822. The minimum Gasteiger partial charge on any atom is -0.337 e. The van der Waals surface area contributed by atoms with Crippen molar-refractivity contribution in [1.82, 2.24) is 14.9 Å². The molecule has 3 rings (SSSR count). The van der Waals surface area contributed by atoms with Gasteiger partial charge in [-0.15, -0.1) is 11.3 Å². The average Bonchev–Trinajstić information content (AvgIpc) is 3.19. The first-order chi connectivity index (χ1) is 11.0. The highest BCUT2D eigenvalue weighted by atomic mass is 32.2. The molecule has 0 unspecified atom stereocenters. The maximum atomic E-state index is 12.2. The molecule has 1 saturated carbocycles. The first-order valence-electron chi connectivity index (χ1n) is 7.34. The molecule has 0 aromatic carbocycles. The molecular weight excluding hydrogens is 332 g/mol. The molecule has 0 bridgehead atoms. The molecule has 1 N–H and O–H groups in total. The Kier molecular flexibility index (Phi) is 4.41. The van der Waals surface area contributed by atoms with Crippen LogP contribution >= 0.6 is 23.1 Å². The Labute approximate surface area is 141 Å². The second kappa shape index (κ2) is 6.34. The Morgan fingerprint density at radius 3 is 3.00 bits per heavy atom. The highest BCUT2D eigenvalue weighted by molar-refractivity contribution is 7.99. The van der Waals surface area contributed by atoms with Crippen molar-refractivity contribution in [1.29, 1.82) is 5.26 Å². The van der Waals surface area contributed by atoms with Gasteiger partial charge in [-0.1, -0.05) is 11.8 Å². The molecule has 0 spiro atoms. The quantitative estimate of drug-likeness (QED) is 0.675. The van der Waals surface area contributed by atoms with Gasteiger partial charge < -0.3 is 5.32 Å². The minimum atomic E-state index is -0.714. The number of fused-ring (bicyclic) bond motifs is 1. The number of nitriles is 1. The fraction of sp³-hybridized carbons (Fsp3) is 0.467. The van der Waals surface area contributed by atoms with Crippen molar-refractivity contribution in [3.05, 3.63) is 21.8 Å². The van der Waals surface area contributed by atoms with E-state index in [2.05, 4.69) is 16.4 Å². The van der Waals surface area contributed by atoms with Gasteiger partial charge in [-0.25, -0.2) is 4.98 Å². The molecule has 2 aromatic heterocycles. The van der Waals surface area contributed by atoms with E-state index in [9.17, 15) is 14.9 Å². The van der Waals surface area contributed by atoms with E-state index < -0.39 is 5.54 Å². The maximum Gasteiger partial charge on any atom is 0.262 e. The summed E-state index contributed by atoms with van der Waals surface area (Å²) in [6.07, 6.45) is 3.34. The molecule has 120 valence electrons. The zero-order chi connectivity index (χ0) is 16.4. The van der Waals surface area contributed by atoms with E-state index in [1.54, 1.807) is 13.1 Å². The van der Waals surface area contributed by atoms with Gasteiger partial charge in [0.1, 0.15) is 10.4 Å². The smallest absolute Gasteiger partial charge is 0.262 e. The SMILES string of the molecule is Cn1c(SCC(=O)NC2(C#N)CCCC2)nc2sccc2c1=O. The first kappa shape index (κ1) is 16.0. The van der Waals surface area contributed by atoms with Crippen molar-refractivity contribution in [2.24, 2.45) is 7.05 Å². The second-order valence-electron chi connectivity index (χ2n) is 5.64. The van der Waals surface area contributed by atoms with Crippen LogP contribution in [-0.2, 0) is 11.8 Å². The predicted molar refractivity (Wildman–Crippen MR) is 90.5 cm³/mol. The van der Waals surface area contributed by atoms with E-state index in [1.807, 2.05) is 5.38 Å². The first-order valence-corrected chi connectivity index (χ1v) is 9.20. The van der Waals surface area contributed by atoms with E-state index in [-0.39, 0.29) is 17.2 Å². The number of hydrogen-bond acceptors (Lipinski definition) is 6. The van der Waals surface area contributed by atoms with Gasteiger partial charge in [0.25, 0.3) is 5.56 Å². The number of carbonyl (C=O) groups excluding carboxylic acids is 1. The highest BCUT2D eigenvalue weighted by Gasteiger charge is 2.35. The summed E-state index contributed by atoms with van der Waals surface area (Å²) in [7, 11) is 1.65. The number of rotatable bonds is 4. The van der Waals surface area contributed by atoms with Crippen LogP contribution in [0.15, 0.2) is 21.4 Å². The van der Waals surface area contributed by atoms with Gasteiger partial charge in [0.2, 0.25) is 5.91 Å². The van der Waals surface area contributed by atoms with Crippen LogP contribution in [0, 0.1) is 11.3 Å². The summed E-state index contributed by atoms with van der Waals surface area (Å²) in [6.45, 7) is 0. The number of amides is 1. The van der Waals surface area contributed by atoms with Crippen LogP contribution in [0.25, 0.3) is 10.2 Å². The summed E-state index contributed by atoms with van der Waals surface area (Å²) < 4.78 is 1.46. The molecule has 0 atom stereocenters. The summed E-state index contributed by atoms with van der Waals surface area (Å²) in [4.78, 5) is 29.5. The van der Waals surface area contributed by atoms with E-state index in [1.165, 1.54) is 27.7 Å². The summed E-state index contributed by atoms with van der Waals surface area (Å²) in [5, 5.41) is 15.1. The molecule has 23 heavy (non-hydrogen) atoms. The van der Waals surface area contributed by atoms with Crippen molar-refractivity contribution in [2.75, 3.05) is 5.75 Å². The van der Waals surface area contributed by atoms with Gasteiger partial charge in [-0.3, -0.25) is 14.2 Å². The van der Waals surface area contributed by atoms with Gasteiger partial charge in [-0.05, 0) is 37.1 Å². The maximum absolute atomic E-state index is 12.2. The molecule has 1 aliphatic rings. The molecule has 1 fully saturated rings. The van der Waals surface area contributed by atoms with Crippen LogP contribution < -0.4 is 10.9 Å². The number of nitrogens with zero attached hydrogens (tertiary/aromatic N) is 3. The van der Waals surface area contributed by atoms with Crippen LogP contribution in [0.2, 0.25) is 0 Å². The summed E-state index contributed by atoms with van der Waals surface area (Å²) in [6, 6.07) is 3.99. The molecule has 0 radical (unpaired) electrons. The minimum absolute atomic E-state index is 0.108. The van der Waals surface area contributed by atoms with Crippen LogP contribution in [0.4, 0.5) is 0 Å². The van der Waals surface area contributed by atoms with E-state index >= 15 is 0 Å². The lowest BCUT2D eigenvalue weighted by atomic mass is 10.0. The topological polar surface area (TPSA) is 87.8 Å².